The summed E-state index contributed by atoms with van der Waals surface area (Å²) in [7, 11) is -2.22. The highest BCUT2D eigenvalue weighted by Crippen LogP contribution is 2.57. The Bertz CT molecular complexity index is 1220. The van der Waals surface area contributed by atoms with Crippen LogP contribution in [0.5, 0.6) is 0 Å². The highest BCUT2D eigenvalue weighted by Gasteiger charge is 2.68. The van der Waals surface area contributed by atoms with Crippen molar-refractivity contribution >= 4 is 37.4 Å². The highest BCUT2D eigenvalue weighted by molar-refractivity contribution is 6.73. The third kappa shape index (κ3) is 3.32. The molecule has 3 N–H and O–H groups in total. The van der Waals surface area contributed by atoms with E-state index in [1.54, 1.807) is 41.0 Å². The molecule has 2 aromatic carbocycles. The summed E-state index contributed by atoms with van der Waals surface area (Å²) in [6.07, 6.45) is -0.301. The molecule has 190 valence electrons. The van der Waals surface area contributed by atoms with Crippen LogP contribution in [-0.4, -0.2) is 49.2 Å². The van der Waals surface area contributed by atoms with Gasteiger partial charge >= 0.3 is 0 Å². The van der Waals surface area contributed by atoms with Crippen molar-refractivity contribution in [2.45, 2.75) is 76.1 Å². The number of carbonyl (C=O) groups is 3. The van der Waals surface area contributed by atoms with Crippen molar-refractivity contribution in [2.75, 3.05) is 10.6 Å². The number of fused-ring (bicyclic) bond motifs is 3. The maximum absolute atomic E-state index is 13.9. The molecule has 36 heavy (non-hydrogen) atoms. The van der Waals surface area contributed by atoms with Gasteiger partial charge in [0.15, 0.2) is 8.32 Å². The number of para-hydroxylation sites is 2. The summed E-state index contributed by atoms with van der Waals surface area (Å²) in [4.78, 5) is 44.0. The summed E-state index contributed by atoms with van der Waals surface area (Å²) in [5.74, 6) is -0.802. The Morgan fingerprint density at radius 2 is 1.69 bits per heavy atom. The molecule has 2 fully saturated rings. The molecule has 0 unspecified atom stereocenters. The van der Waals surface area contributed by atoms with Gasteiger partial charge in [-0.3, -0.25) is 19.3 Å². The summed E-state index contributed by atoms with van der Waals surface area (Å²) in [6.45, 7) is 8.26. The molecule has 5 rings (SSSR count). The van der Waals surface area contributed by atoms with Crippen LogP contribution in [-0.2, 0) is 19.6 Å². The second kappa shape index (κ2) is 8.74. The Kier molecular flexibility index (Phi) is 5.95. The number of rotatable bonds is 7. The van der Waals surface area contributed by atoms with Crippen molar-refractivity contribution in [3.8, 4) is 0 Å². The van der Waals surface area contributed by atoms with Crippen LogP contribution in [0, 0.1) is 0 Å². The predicted molar refractivity (Wildman–Crippen MR) is 141 cm³/mol. The molecule has 9 heteroatoms. The second-order valence-corrected chi connectivity index (χ2v) is 14.8. The Balaban J connectivity index is 1.64. The minimum absolute atomic E-state index is 0.123. The Morgan fingerprint density at radius 1 is 1.06 bits per heavy atom. The third-order valence-corrected chi connectivity index (χ3v) is 13.1. The topological polar surface area (TPSA) is 105 Å². The first-order valence-electron chi connectivity index (χ1n) is 12.8. The molecular weight excluding hydrogens is 472 g/mol. The SMILES string of the molecule is CC[Si](CC)(CC)O[C@]12C[C@@H](NC(=O)c3ccccc3N)C(=O)N3[C@H]1N(C(=O)[C@@H]3C)c1ccccc12. The van der Waals surface area contributed by atoms with Crippen LogP contribution in [0.25, 0.3) is 0 Å². The van der Waals surface area contributed by atoms with E-state index in [0.29, 0.717) is 11.3 Å². The molecule has 2 aromatic rings. The van der Waals surface area contributed by atoms with Gasteiger partial charge in [0, 0.05) is 17.7 Å². The van der Waals surface area contributed by atoms with Crippen LogP contribution >= 0.6 is 0 Å². The third-order valence-electron chi connectivity index (χ3n) is 8.46. The number of piperidine rings is 1. The maximum Gasteiger partial charge on any atom is 0.254 e. The van der Waals surface area contributed by atoms with Gasteiger partial charge in [-0.05, 0) is 43.3 Å². The number of carbonyl (C=O) groups excluding carboxylic acids is 3. The first kappa shape index (κ1) is 24.5. The van der Waals surface area contributed by atoms with Gasteiger partial charge in [0.25, 0.3) is 11.8 Å². The monoisotopic (exact) mass is 506 g/mol. The maximum atomic E-state index is 13.9. The number of nitrogens with zero attached hydrogens (tertiary/aromatic N) is 2. The van der Waals surface area contributed by atoms with E-state index in [2.05, 4.69) is 26.1 Å². The number of nitrogens with one attached hydrogen (secondary N) is 1. The number of hydrogen-bond acceptors (Lipinski definition) is 5. The summed E-state index contributed by atoms with van der Waals surface area (Å²) in [5, 5.41) is 2.95. The lowest BCUT2D eigenvalue weighted by Gasteiger charge is -2.51. The van der Waals surface area contributed by atoms with Crippen molar-refractivity contribution in [2.24, 2.45) is 0 Å². The average Bonchev–Trinajstić information content (AvgIpc) is 3.32. The minimum Gasteiger partial charge on any atom is -0.403 e. The van der Waals surface area contributed by atoms with Gasteiger partial charge in [0.05, 0.1) is 11.3 Å². The first-order chi connectivity index (χ1) is 17.2. The summed E-state index contributed by atoms with van der Waals surface area (Å²) in [6, 6.07) is 15.9. The molecule has 2 saturated heterocycles. The number of benzene rings is 2. The lowest BCUT2D eigenvalue weighted by Crippen LogP contribution is -2.67. The zero-order valence-corrected chi connectivity index (χ0v) is 22.3. The van der Waals surface area contributed by atoms with Crippen molar-refractivity contribution in [3.05, 3.63) is 59.7 Å². The summed E-state index contributed by atoms with van der Waals surface area (Å²) in [5.41, 5.74) is 7.50. The van der Waals surface area contributed by atoms with Crippen LogP contribution in [0.2, 0.25) is 18.1 Å². The molecule has 0 radical (unpaired) electrons. The molecule has 8 nitrogen and oxygen atoms in total. The largest absolute Gasteiger partial charge is 0.403 e. The fourth-order valence-corrected chi connectivity index (χ4v) is 9.30. The van der Waals surface area contributed by atoms with E-state index in [1.807, 2.05) is 24.3 Å². The molecule has 0 spiro atoms. The molecule has 3 heterocycles. The van der Waals surface area contributed by atoms with Gasteiger partial charge in [-0.2, -0.15) is 0 Å². The van der Waals surface area contributed by atoms with E-state index in [9.17, 15) is 14.4 Å². The molecule has 0 saturated carbocycles. The molecule has 3 amide bonds. The van der Waals surface area contributed by atoms with Crippen LogP contribution in [0.1, 0.15) is 50.0 Å². The number of nitrogens with two attached hydrogens (primary N) is 1. The van der Waals surface area contributed by atoms with Crippen LogP contribution in [0.4, 0.5) is 11.4 Å². The van der Waals surface area contributed by atoms with E-state index in [1.165, 1.54) is 0 Å². The van der Waals surface area contributed by atoms with Gasteiger partial charge in [-0.15, -0.1) is 0 Å². The molecular formula is C27H34N4O4Si. The molecule has 0 aliphatic carbocycles. The molecule has 3 aliphatic heterocycles. The normalized spacial score (nSPS) is 26.7. The van der Waals surface area contributed by atoms with E-state index in [4.69, 9.17) is 10.2 Å². The van der Waals surface area contributed by atoms with E-state index in [0.717, 1.165) is 29.4 Å². The molecule has 3 aliphatic rings. The minimum atomic E-state index is -2.22. The Hall–Kier alpha value is -3.17. The van der Waals surface area contributed by atoms with Crippen molar-refractivity contribution < 1.29 is 18.8 Å². The van der Waals surface area contributed by atoms with Gasteiger partial charge < -0.3 is 20.4 Å². The second-order valence-electron chi connectivity index (χ2n) is 10.1. The fraction of sp³-hybridized carbons (Fsp3) is 0.444. The van der Waals surface area contributed by atoms with E-state index < -0.39 is 38.1 Å². The van der Waals surface area contributed by atoms with Gasteiger partial charge in [0.1, 0.15) is 23.9 Å². The predicted octanol–water partition coefficient (Wildman–Crippen LogP) is 3.59. The molecule has 0 aromatic heterocycles. The number of anilines is 2. The molecule has 4 atom stereocenters. The van der Waals surface area contributed by atoms with Gasteiger partial charge in [-0.1, -0.05) is 51.1 Å². The number of nitrogen functional groups attached to an aromatic ring is 1. The van der Waals surface area contributed by atoms with Crippen molar-refractivity contribution in [1.82, 2.24) is 10.2 Å². The van der Waals surface area contributed by atoms with Gasteiger partial charge in [-0.25, -0.2) is 0 Å². The average molecular weight is 507 g/mol. The number of hydrogen-bond donors (Lipinski definition) is 2. The Labute approximate surface area is 212 Å². The van der Waals surface area contributed by atoms with E-state index >= 15 is 0 Å². The zero-order chi connectivity index (χ0) is 25.8. The van der Waals surface area contributed by atoms with Crippen LogP contribution in [0.15, 0.2) is 48.5 Å². The lowest BCUT2D eigenvalue weighted by atomic mass is 9.82. The van der Waals surface area contributed by atoms with Gasteiger partial charge in [0.2, 0.25) is 5.91 Å². The van der Waals surface area contributed by atoms with E-state index in [-0.39, 0.29) is 18.2 Å². The standard InChI is InChI=1S/C27H34N4O4Si/c1-5-36(6-2,7-3)35-27-16-21(29-23(32)18-12-8-10-14-20(18)28)25(34)30-17(4)24(33)31(26(27)30)22-15-11-9-13-19(22)27/h8-15,17,21,26H,5-7,16,28H2,1-4H3,(H,29,32)/t17-,21+,26-,27-/m0/s1. The van der Waals surface area contributed by atoms with Crippen LogP contribution in [0.3, 0.4) is 0 Å². The Morgan fingerprint density at radius 3 is 2.36 bits per heavy atom. The number of amides is 3. The molecule has 0 bridgehead atoms. The quantitative estimate of drug-likeness (QED) is 0.441. The lowest BCUT2D eigenvalue weighted by molar-refractivity contribution is -0.153. The summed E-state index contributed by atoms with van der Waals surface area (Å²) < 4.78 is 7.31. The van der Waals surface area contributed by atoms with Crippen molar-refractivity contribution in [1.29, 1.82) is 0 Å². The fourth-order valence-electron chi connectivity index (χ4n) is 6.29. The smallest absolute Gasteiger partial charge is 0.254 e. The summed E-state index contributed by atoms with van der Waals surface area (Å²) >= 11 is 0. The van der Waals surface area contributed by atoms with Crippen LogP contribution < -0.4 is 16.0 Å². The highest BCUT2D eigenvalue weighted by atomic mass is 28.4. The zero-order valence-electron chi connectivity index (χ0n) is 21.3. The van der Waals surface area contributed by atoms with Crippen molar-refractivity contribution in [3.63, 3.8) is 0 Å². The first-order valence-corrected chi connectivity index (χ1v) is 15.4.